The molecule has 30 heavy (non-hydrogen) atoms. The Morgan fingerprint density at radius 1 is 1.10 bits per heavy atom. The summed E-state index contributed by atoms with van der Waals surface area (Å²) in [4.78, 5) is 23.9. The average molecular weight is 420 g/mol. The number of ether oxygens (including phenoxy) is 1. The Labute approximate surface area is 177 Å². The van der Waals surface area contributed by atoms with Gasteiger partial charge in [0.25, 0.3) is 5.91 Å². The number of hydrogen-bond acceptors (Lipinski definition) is 7. The summed E-state index contributed by atoms with van der Waals surface area (Å²) in [5.74, 6) is -0.0199. The first kappa shape index (κ1) is 18.9. The highest BCUT2D eigenvalue weighted by atomic mass is 32.1. The van der Waals surface area contributed by atoms with Crippen LogP contribution < -0.4 is 0 Å². The standard InChI is InChI=1S/C22H20N4O3S/c1-13-11-26(12-14(2)28-13)22(27)19-10-24-21(30-19)20-17-4-3-16(9-18(17)29-25-20)15-5-7-23-8-6-15/h3-10,13-14H,11-12H2,1-2H3. The quantitative estimate of drug-likeness (QED) is 0.493. The van der Waals surface area contributed by atoms with E-state index in [0.29, 0.717) is 34.3 Å². The van der Waals surface area contributed by atoms with Crippen molar-refractivity contribution in [3.63, 3.8) is 0 Å². The zero-order valence-corrected chi connectivity index (χ0v) is 17.4. The van der Waals surface area contributed by atoms with Crippen LogP contribution in [0.25, 0.3) is 32.8 Å². The summed E-state index contributed by atoms with van der Waals surface area (Å²) in [6, 6.07) is 9.85. The monoisotopic (exact) mass is 420 g/mol. The number of aromatic nitrogens is 3. The number of nitrogens with zero attached hydrogens (tertiary/aromatic N) is 4. The predicted octanol–water partition coefficient (Wildman–Crippen LogP) is 4.26. The zero-order chi connectivity index (χ0) is 20.7. The zero-order valence-electron chi connectivity index (χ0n) is 16.6. The Bertz CT molecular complexity index is 1190. The summed E-state index contributed by atoms with van der Waals surface area (Å²) in [5.41, 5.74) is 3.41. The molecular formula is C22H20N4O3S. The number of benzene rings is 1. The summed E-state index contributed by atoms with van der Waals surface area (Å²) in [6.45, 7) is 5.13. The Hall–Kier alpha value is -3.10. The van der Waals surface area contributed by atoms with Crippen LogP contribution in [0.5, 0.6) is 0 Å². The molecule has 1 aromatic carbocycles. The number of hydrogen-bond donors (Lipinski definition) is 0. The van der Waals surface area contributed by atoms with Crippen LogP contribution in [0.4, 0.5) is 0 Å². The van der Waals surface area contributed by atoms with Crippen molar-refractivity contribution in [1.29, 1.82) is 0 Å². The van der Waals surface area contributed by atoms with Crippen molar-refractivity contribution < 1.29 is 14.1 Å². The van der Waals surface area contributed by atoms with E-state index in [1.165, 1.54) is 11.3 Å². The van der Waals surface area contributed by atoms with Crippen LogP contribution in [0.2, 0.25) is 0 Å². The molecule has 152 valence electrons. The average Bonchev–Trinajstić information content (AvgIpc) is 3.39. The van der Waals surface area contributed by atoms with Gasteiger partial charge < -0.3 is 14.2 Å². The minimum Gasteiger partial charge on any atom is -0.372 e. The fourth-order valence-electron chi connectivity index (χ4n) is 3.80. The summed E-state index contributed by atoms with van der Waals surface area (Å²) in [5, 5.41) is 5.77. The Morgan fingerprint density at radius 3 is 2.63 bits per heavy atom. The third-order valence-corrected chi connectivity index (χ3v) is 6.10. The molecule has 4 heterocycles. The number of fused-ring (bicyclic) bond motifs is 1. The van der Waals surface area contributed by atoms with E-state index < -0.39 is 0 Å². The normalized spacial score (nSPS) is 19.3. The van der Waals surface area contributed by atoms with Gasteiger partial charge in [0.15, 0.2) is 5.58 Å². The molecule has 0 saturated carbocycles. The van der Waals surface area contributed by atoms with Crippen molar-refractivity contribution in [3.05, 3.63) is 53.8 Å². The molecule has 1 fully saturated rings. The molecule has 2 unspecified atom stereocenters. The van der Waals surface area contributed by atoms with Crippen molar-refractivity contribution >= 4 is 28.2 Å². The molecule has 0 radical (unpaired) electrons. The number of amides is 1. The van der Waals surface area contributed by atoms with Crippen LogP contribution in [0.15, 0.2) is 53.4 Å². The molecule has 2 atom stereocenters. The van der Waals surface area contributed by atoms with Crippen molar-refractivity contribution in [2.75, 3.05) is 13.1 Å². The first-order chi connectivity index (χ1) is 14.6. The molecule has 1 amide bonds. The lowest BCUT2D eigenvalue weighted by Gasteiger charge is -2.34. The van der Waals surface area contributed by atoms with Crippen molar-refractivity contribution in [2.24, 2.45) is 0 Å². The molecular weight excluding hydrogens is 400 g/mol. The highest BCUT2D eigenvalue weighted by molar-refractivity contribution is 7.17. The van der Waals surface area contributed by atoms with E-state index >= 15 is 0 Å². The third kappa shape index (κ3) is 3.48. The molecule has 0 bridgehead atoms. The van der Waals surface area contributed by atoms with Gasteiger partial charge in [-0.1, -0.05) is 11.2 Å². The SMILES string of the molecule is CC1CN(C(=O)c2cnc(-c3noc4cc(-c5ccncc5)ccc34)s2)CC(C)O1. The summed E-state index contributed by atoms with van der Waals surface area (Å²) >= 11 is 1.34. The van der Waals surface area contributed by atoms with Crippen LogP contribution in [0, 0.1) is 0 Å². The smallest absolute Gasteiger partial charge is 0.265 e. The Balaban J connectivity index is 1.43. The molecule has 7 nitrogen and oxygen atoms in total. The highest BCUT2D eigenvalue weighted by Crippen LogP contribution is 2.33. The number of pyridine rings is 1. The van der Waals surface area contributed by atoms with Gasteiger partial charge in [0.1, 0.15) is 15.6 Å². The van der Waals surface area contributed by atoms with E-state index in [1.54, 1.807) is 18.6 Å². The van der Waals surface area contributed by atoms with Gasteiger partial charge >= 0.3 is 0 Å². The highest BCUT2D eigenvalue weighted by Gasteiger charge is 2.28. The first-order valence-electron chi connectivity index (χ1n) is 9.79. The lowest BCUT2D eigenvalue weighted by Crippen LogP contribution is -2.48. The second-order valence-corrected chi connectivity index (χ2v) is 8.51. The van der Waals surface area contributed by atoms with Gasteiger partial charge in [-0.25, -0.2) is 4.98 Å². The van der Waals surface area contributed by atoms with E-state index in [2.05, 4.69) is 15.1 Å². The maximum Gasteiger partial charge on any atom is 0.265 e. The molecule has 0 aliphatic carbocycles. The van der Waals surface area contributed by atoms with Gasteiger partial charge in [-0.2, -0.15) is 0 Å². The maximum absolute atomic E-state index is 12.9. The maximum atomic E-state index is 12.9. The van der Waals surface area contributed by atoms with E-state index in [0.717, 1.165) is 16.5 Å². The molecule has 5 rings (SSSR count). The van der Waals surface area contributed by atoms with Crippen LogP contribution in [-0.2, 0) is 4.74 Å². The van der Waals surface area contributed by atoms with Gasteiger partial charge in [0, 0.05) is 25.5 Å². The van der Waals surface area contributed by atoms with Gasteiger partial charge in [-0.15, -0.1) is 11.3 Å². The predicted molar refractivity (Wildman–Crippen MR) is 114 cm³/mol. The minimum atomic E-state index is -0.0199. The summed E-state index contributed by atoms with van der Waals surface area (Å²) < 4.78 is 11.3. The Kier molecular flexibility index (Phi) is 4.80. The van der Waals surface area contributed by atoms with E-state index in [9.17, 15) is 4.79 Å². The second-order valence-electron chi connectivity index (χ2n) is 7.48. The molecule has 1 aliphatic heterocycles. The van der Waals surface area contributed by atoms with Crippen LogP contribution in [0.3, 0.4) is 0 Å². The number of morpholine rings is 1. The van der Waals surface area contributed by atoms with Gasteiger partial charge in [0.2, 0.25) is 0 Å². The topological polar surface area (TPSA) is 81.4 Å². The van der Waals surface area contributed by atoms with Gasteiger partial charge in [-0.3, -0.25) is 9.78 Å². The van der Waals surface area contributed by atoms with Crippen LogP contribution in [0.1, 0.15) is 23.5 Å². The van der Waals surface area contributed by atoms with Gasteiger partial charge in [-0.05, 0) is 49.2 Å². The lowest BCUT2D eigenvalue weighted by molar-refractivity contribution is -0.0585. The van der Waals surface area contributed by atoms with Crippen LogP contribution >= 0.6 is 11.3 Å². The fourth-order valence-corrected chi connectivity index (χ4v) is 4.68. The number of carbonyl (C=O) groups excluding carboxylic acids is 1. The molecule has 8 heteroatoms. The van der Waals surface area contributed by atoms with Gasteiger partial charge in [0.05, 0.1) is 23.8 Å². The van der Waals surface area contributed by atoms with E-state index in [-0.39, 0.29) is 18.1 Å². The second kappa shape index (κ2) is 7.62. The van der Waals surface area contributed by atoms with Crippen LogP contribution in [-0.4, -0.2) is 51.2 Å². The van der Waals surface area contributed by atoms with Crippen molar-refractivity contribution in [3.8, 4) is 21.8 Å². The van der Waals surface area contributed by atoms with E-state index in [1.807, 2.05) is 49.1 Å². The largest absolute Gasteiger partial charge is 0.372 e. The molecule has 0 spiro atoms. The molecule has 1 aliphatic rings. The minimum absolute atomic E-state index is 0.0199. The first-order valence-corrected chi connectivity index (χ1v) is 10.6. The third-order valence-electron chi connectivity index (χ3n) is 5.11. The van der Waals surface area contributed by atoms with Crippen molar-refractivity contribution in [2.45, 2.75) is 26.1 Å². The molecule has 1 saturated heterocycles. The van der Waals surface area contributed by atoms with Crippen molar-refractivity contribution in [1.82, 2.24) is 20.0 Å². The summed E-state index contributed by atoms with van der Waals surface area (Å²) in [6.07, 6.45) is 5.20. The Morgan fingerprint density at radius 2 is 1.87 bits per heavy atom. The number of thiazole rings is 1. The van der Waals surface area contributed by atoms with E-state index in [4.69, 9.17) is 9.26 Å². The fraction of sp³-hybridized carbons (Fsp3) is 0.273. The summed E-state index contributed by atoms with van der Waals surface area (Å²) in [7, 11) is 0. The number of carbonyl (C=O) groups is 1. The lowest BCUT2D eigenvalue weighted by atomic mass is 10.1. The molecule has 4 aromatic rings. The molecule has 0 N–H and O–H groups in total. The number of rotatable bonds is 3. The molecule has 3 aromatic heterocycles.